The van der Waals surface area contributed by atoms with E-state index in [9.17, 15) is 0 Å². The Morgan fingerprint density at radius 2 is 2.15 bits per heavy atom. The summed E-state index contributed by atoms with van der Waals surface area (Å²) < 4.78 is 0. The van der Waals surface area contributed by atoms with Gasteiger partial charge in [0.1, 0.15) is 0 Å². The van der Waals surface area contributed by atoms with Crippen molar-refractivity contribution in [1.82, 2.24) is 0 Å². The molecule has 0 heterocycles. The van der Waals surface area contributed by atoms with E-state index in [0.717, 1.165) is 24.3 Å². The van der Waals surface area contributed by atoms with Gasteiger partial charge in [-0.2, -0.15) is 0 Å². The molecule has 0 spiro atoms. The maximum atomic E-state index is 4.00. The molecule has 0 aromatic heterocycles. The monoisotopic (exact) mass is 181 g/mol. The van der Waals surface area contributed by atoms with E-state index < -0.39 is 0 Å². The number of nitrogens with zero attached hydrogens (tertiary/aromatic N) is 1. The quantitative estimate of drug-likeness (QED) is 0.589. The van der Waals surface area contributed by atoms with Gasteiger partial charge in [-0.05, 0) is 36.3 Å². The summed E-state index contributed by atoms with van der Waals surface area (Å²) >= 11 is 0. The van der Waals surface area contributed by atoms with Crippen molar-refractivity contribution in [3.63, 3.8) is 0 Å². The van der Waals surface area contributed by atoms with Gasteiger partial charge in [0.2, 0.25) is 0 Å². The van der Waals surface area contributed by atoms with E-state index >= 15 is 0 Å². The number of hydrogen-bond donors (Lipinski definition) is 0. The second-order valence-electron chi connectivity index (χ2n) is 5.15. The van der Waals surface area contributed by atoms with E-state index in [4.69, 9.17) is 0 Å². The fourth-order valence-corrected chi connectivity index (χ4v) is 3.05. The standard InChI is InChI=1S/C12H23N/c1-6-10-7-11(12(10,3)4)9(2)8-13-5/h9-11H,5-8H2,1-4H3/t9-,10-,11-/m1/s1. The van der Waals surface area contributed by atoms with Crippen LogP contribution in [0.5, 0.6) is 0 Å². The summed E-state index contributed by atoms with van der Waals surface area (Å²) in [6, 6.07) is 0. The Morgan fingerprint density at radius 1 is 1.54 bits per heavy atom. The Morgan fingerprint density at radius 3 is 2.54 bits per heavy atom. The van der Waals surface area contributed by atoms with Crippen LogP contribution >= 0.6 is 0 Å². The summed E-state index contributed by atoms with van der Waals surface area (Å²) in [5, 5.41) is 0. The summed E-state index contributed by atoms with van der Waals surface area (Å²) in [5.41, 5.74) is 0.541. The fourth-order valence-electron chi connectivity index (χ4n) is 3.05. The molecule has 0 radical (unpaired) electrons. The van der Waals surface area contributed by atoms with E-state index in [0.29, 0.717) is 5.41 Å². The second kappa shape index (κ2) is 3.81. The summed E-state index contributed by atoms with van der Waals surface area (Å²) in [6.45, 7) is 14.0. The maximum absolute atomic E-state index is 4.00. The zero-order valence-corrected chi connectivity index (χ0v) is 9.51. The van der Waals surface area contributed by atoms with Crippen LogP contribution in [0.1, 0.15) is 40.5 Å². The van der Waals surface area contributed by atoms with Gasteiger partial charge in [-0.15, -0.1) is 0 Å². The molecular formula is C12H23N. The van der Waals surface area contributed by atoms with Gasteiger partial charge >= 0.3 is 0 Å². The zero-order valence-electron chi connectivity index (χ0n) is 9.51. The SMILES string of the molecule is C=NC[C@@H](C)[C@H]1C[C@@H](CC)C1(C)C. The molecule has 0 saturated heterocycles. The minimum absolute atomic E-state index is 0.541. The lowest BCUT2D eigenvalue weighted by Gasteiger charge is -2.54. The molecule has 1 saturated carbocycles. The van der Waals surface area contributed by atoms with E-state index in [2.05, 4.69) is 39.4 Å². The Balaban J connectivity index is 2.52. The molecule has 0 N–H and O–H groups in total. The van der Waals surface area contributed by atoms with Gasteiger partial charge in [-0.25, -0.2) is 0 Å². The molecule has 0 aliphatic heterocycles. The lowest BCUT2D eigenvalue weighted by atomic mass is 9.51. The third kappa shape index (κ3) is 1.79. The van der Waals surface area contributed by atoms with Gasteiger partial charge < -0.3 is 4.99 Å². The molecule has 0 aromatic rings. The first-order chi connectivity index (χ1) is 6.04. The first-order valence-corrected chi connectivity index (χ1v) is 5.46. The maximum Gasteiger partial charge on any atom is 0.0410 e. The molecule has 0 unspecified atom stereocenters. The van der Waals surface area contributed by atoms with E-state index in [-0.39, 0.29) is 0 Å². The summed E-state index contributed by atoms with van der Waals surface area (Å²) in [7, 11) is 0. The average molecular weight is 181 g/mol. The second-order valence-corrected chi connectivity index (χ2v) is 5.15. The Bertz CT molecular complexity index is 184. The van der Waals surface area contributed by atoms with Crippen LogP contribution in [0.15, 0.2) is 4.99 Å². The highest BCUT2D eigenvalue weighted by Crippen LogP contribution is 2.55. The predicted molar refractivity (Wildman–Crippen MR) is 59.2 cm³/mol. The van der Waals surface area contributed by atoms with Crippen LogP contribution in [0.2, 0.25) is 0 Å². The highest BCUT2D eigenvalue weighted by Gasteiger charge is 2.48. The van der Waals surface area contributed by atoms with E-state index in [1.807, 2.05) is 0 Å². The average Bonchev–Trinajstić information content (AvgIpc) is 2.04. The van der Waals surface area contributed by atoms with Gasteiger partial charge in [0.25, 0.3) is 0 Å². The molecule has 1 heteroatoms. The molecule has 3 atom stereocenters. The van der Waals surface area contributed by atoms with Crippen molar-refractivity contribution in [3.05, 3.63) is 0 Å². The summed E-state index contributed by atoms with van der Waals surface area (Å²) in [5.74, 6) is 2.52. The Labute approximate surface area is 82.6 Å². The molecule has 76 valence electrons. The molecule has 0 aromatic carbocycles. The van der Waals surface area contributed by atoms with Crippen molar-refractivity contribution in [3.8, 4) is 0 Å². The Kier molecular flexibility index (Phi) is 3.15. The van der Waals surface area contributed by atoms with Crippen LogP contribution < -0.4 is 0 Å². The molecule has 0 amide bonds. The van der Waals surface area contributed by atoms with Gasteiger partial charge in [-0.3, -0.25) is 0 Å². The molecule has 1 aliphatic rings. The highest BCUT2D eigenvalue weighted by molar-refractivity contribution is 5.23. The molecule has 1 nitrogen and oxygen atoms in total. The highest BCUT2D eigenvalue weighted by atomic mass is 14.7. The first kappa shape index (κ1) is 10.7. The van der Waals surface area contributed by atoms with Crippen LogP contribution in [0, 0.1) is 23.2 Å². The van der Waals surface area contributed by atoms with Crippen molar-refractivity contribution in [2.24, 2.45) is 28.2 Å². The third-order valence-corrected chi connectivity index (χ3v) is 4.14. The largest absolute Gasteiger partial charge is 0.301 e. The van der Waals surface area contributed by atoms with Crippen molar-refractivity contribution in [2.75, 3.05) is 6.54 Å². The number of hydrogen-bond acceptors (Lipinski definition) is 1. The van der Waals surface area contributed by atoms with Crippen LogP contribution in [-0.4, -0.2) is 13.3 Å². The van der Waals surface area contributed by atoms with Gasteiger partial charge in [0.15, 0.2) is 0 Å². The van der Waals surface area contributed by atoms with Crippen molar-refractivity contribution >= 4 is 6.72 Å². The normalized spacial score (nSPS) is 33.5. The topological polar surface area (TPSA) is 12.4 Å². The lowest BCUT2D eigenvalue weighted by Crippen LogP contribution is -2.48. The molecule has 1 aliphatic carbocycles. The molecule has 13 heavy (non-hydrogen) atoms. The van der Waals surface area contributed by atoms with E-state index in [1.165, 1.54) is 12.8 Å². The Hall–Kier alpha value is -0.330. The number of aliphatic imine (C=N–C) groups is 1. The molecule has 1 rings (SSSR count). The third-order valence-electron chi connectivity index (χ3n) is 4.14. The molecule has 0 bridgehead atoms. The van der Waals surface area contributed by atoms with Gasteiger partial charge in [-0.1, -0.05) is 34.1 Å². The van der Waals surface area contributed by atoms with Crippen molar-refractivity contribution in [2.45, 2.75) is 40.5 Å². The van der Waals surface area contributed by atoms with Gasteiger partial charge in [0.05, 0.1) is 0 Å². The minimum atomic E-state index is 0.541. The van der Waals surface area contributed by atoms with Crippen LogP contribution in [0.3, 0.4) is 0 Å². The minimum Gasteiger partial charge on any atom is -0.301 e. The van der Waals surface area contributed by atoms with Crippen molar-refractivity contribution < 1.29 is 0 Å². The summed E-state index contributed by atoms with van der Waals surface area (Å²) in [6.07, 6.45) is 2.73. The predicted octanol–water partition coefficient (Wildman–Crippen LogP) is 3.40. The smallest absolute Gasteiger partial charge is 0.0410 e. The first-order valence-electron chi connectivity index (χ1n) is 5.46. The van der Waals surface area contributed by atoms with Crippen LogP contribution in [0.25, 0.3) is 0 Å². The zero-order chi connectivity index (χ0) is 10.1. The van der Waals surface area contributed by atoms with E-state index in [1.54, 1.807) is 0 Å². The summed E-state index contributed by atoms with van der Waals surface area (Å²) in [4.78, 5) is 4.00. The van der Waals surface area contributed by atoms with Gasteiger partial charge in [0, 0.05) is 6.54 Å². The molecule has 1 fully saturated rings. The van der Waals surface area contributed by atoms with Crippen molar-refractivity contribution in [1.29, 1.82) is 0 Å². The lowest BCUT2D eigenvalue weighted by molar-refractivity contribution is -0.0523. The van der Waals surface area contributed by atoms with Crippen LogP contribution in [-0.2, 0) is 0 Å². The molecular weight excluding hydrogens is 158 g/mol. The number of rotatable bonds is 4. The fraction of sp³-hybridized carbons (Fsp3) is 0.917. The van der Waals surface area contributed by atoms with Crippen LogP contribution in [0.4, 0.5) is 0 Å².